The van der Waals surface area contributed by atoms with Crippen molar-refractivity contribution < 1.29 is 14.7 Å². The van der Waals surface area contributed by atoms with E-state index in [4.69, 9.17) is 4.52 Å². The lowest BCUT2D eigenvalue weighted by atomic mass is 9.97. The number of para-hydroxylation sites is 1. The minimum Gasteiger partial charge on any atom is -0.508 e. The van der Waals surface area contributed by atoms with Gasteiger partial charge in [0.15, 0.2) is 0 Å². The number of phenolic OH excluding ortho intramolecular Hbond substituents is 2. The Morgan fingerprint density at radius 1 is 0.727 bits per heavy atom. The zero-order valence-electron chi connectivity index (χ0n) is 11.6. The molecule has 0 fully saturated rings. The minimum absolute atomic E-state index is 0.130. The van der Waals surface area contributed by atoms with E-state index in [1.165, 1.54) is 12.1 Å². The highest BCUT2D eigenvalue weighted by molar-refractivity contribution is 7.43. The Morgan fingerprint density at radius 2 is 1.45 bits per heavy atom. The Kier molecular flexibility index (Phi) is 3.02. The summed E-state index contributed by atoms with van der Waals surface area (Å²) in [4.78, 5) is 0. The molecule has 1 unspecified atom stereocenters. The van der Waals surface area contributed by atoms with Gasteiger partial charge in [-0.1, -0.05) is 36.4 Å². The standard InChI is InChI=1S/C18H13O3P/c19-11-8-9-16(20)15(10-11)14-6-3-5-13-12-4-1-2-7-17(12)21-22-18(13)14/h1-10,19-20,22H. The van der Waals surface area contributed by atoms with Crippen molar-refractivity contribution in [2.75, 3.05) is 0 Å². The quantitative estimate of drug-likeness (QED) is 0.527. The summed E-state index contributed by atoms with van der Waals surface area (Å²) in [5.41, 5.74) is 3.67. The summed E-state index contributed by atoms with van der Waals surface area (Å²) in [6, 6.07) is 18.5. The number of fused-ring (bicyclic) bond motifs is 3. The second-order valence-electron chi connectivity index (χ2n) is 5.13. The van der Waals surface area contributed by atoms with E-state index in [0.29, 0.717) is 5.56 Å². The van der Waals surface area contributed by atoms with Crippen molar-refractivity contribution in [2.24, 2.45) is 0 Å². The van der Waals surface area contributed by atoms with Gasteiger partial charge in [-0.25, -0.2) is 0 Å². The molecule has 1 aliphatic heterocycles. The van der Waals surface area contributed by atoms with Crippen molar-refractivity contribution in [3.8, 4) is 39.5 Å². The van der Waals surface area contributed by atoms with Crippen LogP contribution in [-0.2, 0) is 0 Å². The van der Waals surface area contributed by atoms with Crippen LogP contribution in [0.15, 0.2) is 60.7 Å². The molecule has 108 valence electrons. The van der Waals surface area contributed by atoms with Gasteiger partial charge in [-0.15, -0.1) is 0 Å². The van der Waals surface area contributed by atoms with Crippen LogP contribution in [0, 0.1) is 0 Å². The van der Waals surface area contributed by atoms with Gasteiger partial charge in [0.25, 0.3) is 0 Å². The van der Waals surface area contributed by atoms with Crippen LogP contribution in [0.5, 0.6) is 17.2 Å². The van der Waals surface area contributed by atoms with Crippen molar-refractivity contribution >= 4 is 14.1 Å². The Labute approximate surface area is 129 Å². The lowest BCUT2D eigenvalue weighted by Gasteiger charge is -2.23. The van der Waals surface area contributed by atoms with E-state index in [2.05, 4.69) is 6.07 Å². The van der Waals surface area contributed by atoms with Gasteiger partial charge in [-0.05, 0) is 35.4 Å². The van der Waals surface area contributed by atoms with Crippen LogP contribution in [0.2, 0.25) is 0 Å². The number of phenols is 2. The maximum atomic E-state index is 10.1. The van der Waals surface area contributed by atoms with Crippen molar-refractivity contribution in [3.05, 3.63) is 60.7 Å². The smallest absolute Gasteiger partial charge is 0.131 e. The zero-order valence-corrected chi connectivity index (χ0v) is 12.6. The van der Waals surface area contributed by atoms with Crippen LogP contribution >= 0.6 is 8.81 Å². The van der Waals surface area contributed by atoms with Gasteiger partial charge in [-0.3, -0.25) is 0 Å². The average Bonchev–Trinajstić information content (AvgIpc) is 2.56. The third kappa shape index (κ3) is 2.02. The molecule has 2 N–H and O–H groups in total. The molecule has 1 atom stereocenters. The molecule has 22 heavy (non-hydrogen) atoms. The lowest BCUT2D eigenvalue weighted by molar-refractivity contribution is 0.462. The number of hydrogen-bond donors (Lipinski definition) is 2. The van der Waals surface area contributed by atoms with Crippen LogP contribution < -0.4 is 9.83 Å². The highest BCUT2D eigenvalue weighted by Crippen LogP contribution is 2.43. The minimum atomic E-state index is 0.130. The van der Waals surface area contributed by atoms with Crippen LogP contribution in [0.1, 0.15) is 0 Å². The third-order valence-electron chi connectivity index (χ3n) is 3.78. The van der Waals surface area contributed by atoms with Crippen molar-refractivity contribution in [1.82, 2.24) is 0 Å². The van der Waals surface area contributed by atoms with E-state index >= 15 is 0 Å². The van der Waals surface area contributed by atoms with E-state index in [1.54, 1.807) is 6.07 Å². The van der Waals surface area contributed by atoms with Crippen molar-refractivity contribution in [1.29, 1.82) is 0 Å². The first-order valence-electron chi connectivity index (χ1n) is 6.91. The molecule has 0 saturated heterocycles. The molecule has 0 amide bonds. The fourth-order valence-corrected chi connectivity index (χ4v) is 3.78. The van der Waals surface area contributed by atoms with Gasteiger partial charge >= 0.3 is 0 Å². The van der Waals surface area contributed by atoms with E-state index in [9.17, 15) is 10.2 Å². The summed E-state index contributed by atoms with van der Waals surface area (Å²) < 4.78 is 5.87. The molecular formula is C18H13O3P. The molecule has 0 spiro atoms. The van der Waals surface area contributed by atoms with Crippen molar-refractivity contribution in [3.63, 3.8) is 0 Å². The highest BCUT2D eigenvalue weighted by atomic mass is 31.1. The Morgan fingerprint density at radius 3 is 2.32 bits per heavy atom. The maximum Gasteiger partial charge on any atom is 0.131 e. The second-order valence-corrected chi connectivity index (χ2v) is 6.04. The molecule has 3 nitrogen and oxygen atoms in total. The lowest BCUT2D eigenvalue weighted by Crippen LogP contribution is -2.11. The molecular weight excluding hydrogens is 295 g/mol. The molecule has 0 bridgehead atoms. The van der Waals surface area contributed by atoms with Crippen molar-refractivity contribution in [2.45, 2.75) is 0 Å². The SMILES string of the molecule is Oc1ccc(O)c(-c2cccc3c2POc2ccccc2-3)c1. The summed E-state index contributed by atoms with van der Waals surface area (Å²) in [7, 11) is 0.165. The van der Waals surface area contributed by atoms with Crippen LogP contribution in [0.4, 0.5) is 0 Å². The third-order valence-corrected chi connectivity index (χ3v) is 4.84. The fraction of sp³-hybridized carbons (Fsp3) is 0. The molecule has 0 saturated carbocycles. The Hall–Kier alpha value is -2.51. The second kappa shape index (κ2) is 5.04. The zero-order chi connectivity index (χ0) is 15.1. The van der Waals surface area contributed by atoms with Gasteiger partial charge in [0.2, 0.25) is 0 Å². The maximum absolute atomic E-state index is 10.1. The highest BCUT2D eigenvalue weighted by Gasteiger charge is 2.21. The monoisotopic (exact) mass is 308 g/mol. The number of hydrogen-bond acceptors (Lipinski definition) is 3. The topological polar surface area (TPSA) is 49.7 Å². The van der Waals surface area contributed by atoms with Crippen LogP contribution in [-0.4, -0.2) is 10.2 Å². The molecule has 0 aromatic heterocycles. The molecule has 0 radical (unpaired) electrons. The van der Waals surface area contributed by atoms with Gasteiger partial charge in [-0.2, -0.15) is 0 Å². The summed E-state index contributed by atoms with van der Waals surface area (Å²) in [5, 5.41) is 20.9. The number of benzene rings is 3. The van der Waals surface area contributed by atoms with Gasteiger partial charge in [0, 0.05) is 16.4 Å². The summed E-state index contributed by atoms with van der Waals surface area (Å²) in [6.07, 6.45) is 0. The number of rotatable bonds is 1. The van der Waals surface area contributed by atoms with Gasteiger partial charge in [0.1, 0.15) is 26.1 Å². The largest absolute Gasteiger partial charge is 0.508 e. The number of aromatic hydroxyl groups is 2. The fourth-order valence-electron chi connectivity index (χ4n) is 2.74. The normalized spacial score (nSPS) is 13.3. The molecule has 1 heterocycles. The molecule has 0 aliphatic carbocycles. The molecule has 1 aliphatic rings. The first-order chi connectivity index (χ1) is 10.7. The van der Waals surface area contributed by atoms with E-state index in [1.807, 2.05) is 36.4 Å². The molecule has 4 heteroatoms. The van der Waals surface area contributed by atoms with E-state index in [-0.39, 0.29) is 20.3 Å². The molecule has 3 aromatic carbocycles. The molecule has 4 rings (SSSR count). The first-order valence-corrected chi connectivity index (χ1v) is 7.82. The average molecular weight is 308 g/mol. The Balaban J connectivity index is 1.97. The van der Waals surface area contributed by atoms with E-state index < -0.39 is 0 Å². The van der Waals surface area contributed by atoms with Crippen LogP contribution in [0.25, 0.3) is 22.3 Å². The summed E-state index contributed by atoms with van der Waals surface area (Å²) >= 11 is 0. The van der Waals surface area contributed by atoms with Gasteiger partial charge < -0.3 is 14.7 Å². The first kappa shape index (κ1) is 13.2. The van der Waals surface area contributed by atoms with Gasteiger partial charge in [0.05, 0.1) is 0 Å². The molecule has 3 aromatic rings. The summed E-state index contributed by atoms with van der Waals surface area (Å²) in [6.45, 7) is 0. The Bertz CT molecular complexity index is 874. The summed E-state index contributed by atoms with van der Waals surface area (Å²) in [5.74, 6) is 1.16. The van der Waals surface area contributed by atoms with E-state index in [0.717, 1.165) is 27.7 Å². The predicted octanol–water partition coefficient (Wildman–Crippen LogP) is 4.04. The van der Waals surface area contributed by atoms with Crippen LogP contribution in [0.3, 0.4) is 0 Å². The predicted molar refractivity (Wildman–Crippen MR) is 89.2 cm³/mol.